The monoisotopic (exact) mass is 365 g/mol. The molecular weight excluding hydrogens is 326 g/mol. The van der Waals surface area contributed by atoms with Crippen LogP contribution in [-0.4, -0.2) is 5.54 Å². The van der Waals surface area contributed by atoms with Crippen LogP contribution in [0.1, 0.15) is 91.4 Å². The predicted molar refractivity (Wildman–Crippen MR) is 119 cm³/mol. The standard InChI is InChI=1S/C26H39N/c1-4-7-14-21(13-6-3)24-20-22-15-12-19-26(22,25(24)18-8-5-2)27-23-16-10-9-11-17-23/h9-11,14,16-17,22,27H,4-8,12-13,15,18-20H2,1-3H3/b21-14+/t22-,26+/m1/s1. The van der Waals surface area contributed by atoms with Gasteiger partial charge in [-0.2, -0.15) is 0 Å². The number of unbranched alkanes of at least 4 members (excludes halogenated alkanes) is 2. The molecule has 1 N–H and O–H groups in total. The molecule has 1 aromatic carbocycles. The lowest BCUT2D eigenvalue weighted by Gasteiger charge is -2.36. The van der Waals surface area contributed by atoms with Crippen LogP contribution >= 0.6 is 0 Å². The molecule has 1 aromatic rings. The van der Waals surface area contributed by atoms with E-state index in [1.807, 2.05) is 0 Å². The molecule has 2 aliphatic carbocycles. The summed E-state index contributed by atoms with van der Waals surface area (Å²) < 4.78 is 0. The lowest BCUT2D eigenvalue weighted by Crippen LogP contribution is -2.41. The molecular formula is C26H39N. The van der Waals surface area contributed by atoms with Crippen molar-refractivity contribution < 1.29 is 0 Å². The molecule has 0 radical (unpaired) electrons. The third kappa shape index (κ3) is 4.33. The Bertz CT molecular complexity index is 654. The van der Waals surface area contributed by atoms with Crippen molar-refractivity contribution in [2.24, 2.45) is 5.92 Å². The Kier molecular flexibility index (Phi) is 7.21. The minimum Gasteiger partial charge on any atom is -0.376 e. The molecule has 1 heteroatoms. The lowest BCUT2D eigenvalue weighted by molar-refractivity contribution is 0.422. The van der Waals surface area contributed by atoms with Crippen molar-refractivity contribution in [1.82, 2.24) is 0 Å². The maximum Gasteiger partial charge on any atom is 0.0622 e. The Morgan fingerprint density at radius 1 is 1.11 bits per heavy atom. The van der Waals surface area contributed by atoms with Crippen molar-refractivity contribution in [3.63, 3.8) is 0 Å². The van der Waals surface area contributed by atoms with Gasteiger partial charge in [-0.25, -0.2) is 0 Å². The van der Waals surface area contributed by atoms with Crippen molar-refractivity contribution >= 4 is 5.69 Å². The topological polar surface area (TPSA) is 12.0 Å². The van der Waals surface area contributed by atoms with Crippen LogP contribution < -0.4 is 5.32 Å². The number of anilines is 1. The molecule has 0 aliphatic heterocycles. The Balaban J connectivity index is 2.01. The van der Waals surface area contributed by atoms with Crippen molar-refractivity contribution in [3.8, 4) is 0 Å². The second-order valence-corrected chi connectivity index (χ2v) is 8.58. The Hall–Kier alpha value is -1.50. The molecule has 0 bridgehead atoms. The highest BCUT2D eigenvalue weighted by atomic mass is 15.0. The average Bonchev–Trinajstić information content (AvgIpc) is 3.20. The summed E-state index contributed by atoms with van der Waals surface area (Å²) in [5.74, 6) is 0.779. The summed E-state index contributed by atoms with van der Waals surface area (Å²) in [5, 5.41) is 4.07. The number of rotatable bonds is 10. The molecule has 2 aliphatic rings. The Morgan fingerprint density at radius 3 is 2.63 bits per heavy atom. The first-order valence-electron chi connectivity index (χ1n) is 11.5. The van der Waals surface area contributed by atoms with Gasteiger partial charge in [0, 0.05) is 5.69 Å². The zero-order valence-electron chi connectivity index (χ0n) is 17.8. The van der Waals surface area contributed by atoms with Gasteiger partial charge in [-0.1, -0.05) is 70.7 Å². The molecule has 3 rings (SSSR count). The van der Waals surface area contributed by atoms with Gasteiger partial charge in [0.15, 0.2) is 0 Å². The van der Waals surface area contributed by atoms with Crippen molar-refractivity contribution in [2.75, 3.05) is 5.32 Å². The molecule has 2 atom stereocenters. The zero-order chi connectivity index (χ0) is 19.1. The molecule has 0 unspecified atom stereocenters. The number of para-hydroxylation sites is 1. The van der Waals surface area contributed by atoms with Gasteiger partial charge in [0.05, 0.1) is 5.54 Å². The summed E-state index contributed by atoms with van der Waals surface area (Å²) in [7, 11) is 0. The third-order valence-corrected chi connectivity index (χ3v) is 6.68. The van der Waals surface area contributed by atoms with Gasteiger partial charge >= 0.3 is 0 Å². The summed E-state index contributed by atoms with van der Waals surface area (Å²) >= 11 is 0. The molecule has 1 saturated carbocycles. The largest absolute Gasteiger partial charge is 0.376 e. The van der Waals surface area contributed by atoms with Gasteiger partial charge in [0.1, 0.15) is 0 Å². The Morgan fingerprint density at radius 2 is 1.93 bits per heavy atom. The molecule has 0 saturated heterocycles. The number of benzene rings is 1. The number of hydrogen-bond donors (Lipinski definition) is 1. The number of nitrogens with one attached hydrogen (secondary N) is 1. The fourth-order valence-corrected chi connectivity index (χ4v) is 5.43. The van der Waals surface area contributed by atoms with Gasteiger partial charge in [-0.15, -0.1) is 0 Å². The third-order valence-electron chi connectivity index (χ3n) is 6.68. The summed E-state index contributed by atoms with van der Waals surface area (Å²) in [6.07, 6.45) is 16.8. The first kappa shape index (κ1) is 20.2. The van der Waals surface area contributed by atoms with E-state index in [0.717, 1.165) is 5.92 Å². The fourth-order valence-electron chi connectivity index (χ4n) is 5.43. The normalized spacial score (nSPS) is 25.1. The number of allylic oxidation sites excluding steroid dienone is 3. The van der Waals surface area contributed by atoms with Crippen LogP contribution in [0.2, 0.25) is 0 Å². The van der Waals surface area contributed by atoms with Crippen molar-refractivity contribution in [3.05, 3.63) is 53.1 Å². The summed E-state index contributed by atoms with van der Waals surface area (Å²) in [5.41, 5.74) is 6.70. The van der Waals surface area contributed by atoms with Crippen LogP contribution in [-0.2, 0) is 0 Å². The molecule has 0 heterocycles. The number of hydrogen-bond acceptors (Lipinski definition) is 1. The maximum absolute atomic E-state index is 4.07. The van der Waals surface area contributed by atoms with Crippen LogP contribution in [0.4, 0.5) is 5.69 Å². The highest BCUT2D eigenvalue weighted by Crippen LogP contribution is 2.55. The van der Waals surface area contributed by atoms with E-state index in [2.05, 4.69) is 62.5 Å². The van der Waals surface area contributed by atoms with E-state index in [0.29, 0.717) is 0 Å². The van der Waals surface area contributed by atoms with Crippen molar-refractivity contribution in [1.29, 1.82) is 0 Å². The maximum atomic E-state index is 4.07. The smallest absolute Gasteiger partial charge is 0.0622 e. The lowest BCUT2D eigenvalue weighted by atomic mass is 9.82. The van der Waals surface area contributed by atoms with Crippen LogP contribution in [0.15, 0.2) is 53.1 Å². The van der Waals surface area contributed by atoms with E-state index in [9.17, 15) is 0 Å². The van der Waals surface area contributed by atoms with Gasteiger partial charge < -0.3 is 5.32 Å². The molecule has 0 amide bonds. The first-order valence-corrected chi connectivity index (χ1v) is 11.5. The predicted octanol–water partition coefficient (Wildman–Crippen LogP) is 8.05. The molecule has 148 valence electrons. The van der Waals surface area contributed by atoms with Gasteiger partial charge in [0.25, 0.3) is 0 Å². The number of fused-ring (bicyclic) bond motifs is 1. The van der Waals surface area contributed by atoms with E-state index in [4.69, 9.17) is 0 Å². The van der Waals surface area contributed by atoms with Gasteiger partial charge in [-0.05, 0) is 79.7 Å². The van der Waals surface area contributed by atoms with Crippen LogP contribution in [0, 0.1) is 5.92 Å². The fraction of sp³-hybridized carbons (Fsp3) is 0.615. The van der Waals surface area contributed by atoms with E-state index in [1.165, 1.54) is 76.3 Å². The molecule has 0 aromatic heterocycles. The molecule has 1 nitrogen and oxygen atoms in total. The van der Waals surface area contributed by atoms with Crippen LogP contribution in [0.5, 0.6) is 0 Å². The summed E-state index contributed by atoms with van der Waals surface area (Å²) in [4.78, 5) is 0. The van der Waals surface area contributed by atoms with Crippen LogP contribution in [0.3, 0.4) is 0 Å². The highest BCUT2D eigenvalue weighted by molar-refractivity contribution is 5.56. The van der Waals surface area contributed by atoms with Crippen molar-refractivity contribution in [2.45, 2.75) is 96.9 Å². The minimum atomic E-state index is 0.213. The quantitative estimate of drug-likeness (QED) is 0.442. The highest BCUT2D eigenvalue weighted by Gasteiger charge is 2.50. The van der Waals surface area contributed by atoms with E-state index >= 15 is 0 Å². The Labute approximate surface area is 167 Å². The molecule has 0 spiro atoms. The van der Waals surface area contributed by atoms with Gasteiger partial charge in [0.2, 0.25) is 0 Å². The van der Waals surface area contributed by atoms with E-state index in [-0.39, 0.29) is 5.54 Å². The summed E-state index contributed by atoms with van der Waals surface area (Å²) in [6, 6.07) is 10.9. The van der Waals surface area contributed by atoms with Crippen LogP contribution in [0.25, 0.3) is 0 Å². The molecule has 1 fully saturated rings. The average molecular weight is 366 g/mol. The minimum absolute atomic E-state index is 0.213. The second kappa shape index (κ2) is 9.62. The zero-order valence-corrected chi connectivity index (χ0v) is 17.8. The molecule has 27 heavy (non-hydrogen) atoms. The SMILES string of the molecule is CCC/C=C(\CCC)C1=C(CCCC)[C@]2(Nc3ccccc3)CCC[C@@H]2C1. The van der Waals surface area contributed by atoms with E-state index in [1.54, 1.807) is 16.7 Å². The van der Waals surface area contributed by atoms with Gasteiger partial charge in [-0.3, -0.25) is 0 Å². The van der Waals surface area contributed by atoms with E-state index < -0.39 is 0 Å². The first-order chi connectivity index (χ1) is 13.2. The summed E-state index contributed by atoms with van der Waals surface area (Å²) in [6.45, 7) is 6.96. The second-order valence-electron chi connectivity index (χ2n) is 8.58.